The molecule has 0 aliphatic heterocycles. The number of carboxylic acids is 2. The number of aromatic carboxylic acids is 2. The largest absolute Gasteiger partial charge is 2.00 e. The molecule has 0 aromatic heterocycles. The zero-order valence-corrected chi connectivity index (χ0v) is 30.0. The minimum absolute atomic E-state index is 0. The van der Waals surface area contributed by atoms with E-state index in [1.807, 2.05) is 0 Å². The predicted molar refractivity (Wildman–Crippen MR) is 165 cm³/mol. The van der Waals surface area contributed by atoms with E-state index in [4.69, 9.17) is 10.2 Å². The number of carboxylic acid groups (broad SMARTS) is 2. The van der Waals surface area contributed by atoms with Gasteiger partial charge in [-0.05, 0) is 35.4 Å². The van der Waals surface area contributed by atoms with Crippen LogP contribution in [-0.4, -0.2) is 33.7 Å². The number of azo groups is 2. The van der Waals surface area contributed by atoms with E-state index in [0.717, 1.165) is 0 Å². The van der Waals surface area contributed by atoms with E-state index >= 15 is 0 Å². The van der Waals surface area contributed by atoms with Crippen molar-refractivity contribution >= 4 is 46.4 Å². The van der Waals surface area contributed by atoms with E-state index in [1.165, 1.54) is 38.1 Å². The van der Waals surface area contributed by atoms with Gasteiger partial charge in [0.15, 0.2) is 11.6 Å². The number of carbonyl (C=O) groups is 4. The molecule has 14 nitrogen and oxygen atoms in total. The number of allylic oxidation sites excluding steroid dienone is 2. The predicted octanol–water partition coefficient (Wildman–Crippen LogP) is 5.34. The summed E-state index contributed by atoms with van der Waals surface area (Å²) in [6, 6.07) is 28.3. The second kappa shape index (κ2) is 21.3. The van der Waals surface area contributed by atoms with Crippen LogP contribution in [0, 0.1) is 31.1 Å². The summed E-state index contributed by atoms with van der Waals surface area (Å²) < 4.78 is 0. The van der Waals surface area contributed by atoms with Gasteiger partial charge in [-0.3, -0.25) is 9.59 Å². The molecular formula is C34H26N4O10U-6. The molecule has 0 unspecified atom stereocenters. The van der Waals surface area contributed by atoms with Gasteiger partial charge >= 0.3 is 11.9 Å². The summed E-state index contributed by atoms with van der Waals surface area (Å²) in [5.74, 6) is -4.55. The molecule has 0 saturated carbocycles. The smallest absolute Gasteiger partial charge is 0.337 e. The van der Waals surface area contributed by atoms with Crippen LogP contribution in [0.2, 0.25) is 0 Å². The van der Waals surface area contributed by atoms with Crippen LogP contribution in [0.3, 0.4) is 0 Å². The molecule has 252 valence electrons. The van der Waals surface area contributed by atoms with Gasteiger partial charge in [0.05, 0.1) is 11.1 Å². The summed E-state index contributed by atoms with van der Waals surface area (Å²) in [5.41, 5.74) is -0.0732. The Morgan fingerprint density at radius 2 is 0.796 bits per heavy atom. The van der Waals surface area contributed by atoms with Crippen LogP contribution in [-0.2, 0) is 20.5 Å². The SMILES string of the molecule is CC(=O)/C(N=Nc1ccccc1C(=O)O)=C(/[O-])c1ccccc1.CC(=O)/C(N=Nc1ccccc1C(=O)O)=C(\[O-])c1ccccc1.[O-2].[O-2].[U]. The fourth-order valence-corrected chi connectivity index (χ4v) is 3.70. The number of Topliss-reactive ketones (excluding diaryl/α,β-unsaturated/α-hetero) is 2. The molecule has 0 bridgehead atoms. The van der Waals surface area contributed by atoms with Crippen LogP contribution < -0.4 is 10.2 Å². The van der Waals surface area contributed by atoms with Gasteiger partial charge in [0.25, 0.3) is 0 Å². The Morgan fingerprint density at radius 1 is 0.510 bits per heavy atom. The Bertz CT molecular complexity index is 1740. The van der Waals surface area contributed by atoms with E-state index in [0.29, 0.717) is 11.1 Å². The molecule has 4 aromatic carbocycles. The molecule has 0 fully saturated rings. The molecule has 2 N–H and O–H groups in total. The van der Waals surface area contributed by atoms with Gasteiger partial charge in [-0.2, -0.15) is 0 Å². The monoisotopic (exact) mass is 888 g/mol. The maximum atomic E-state index is 12.3. The van der Waals surface area contributed by atoms with Crippen LogP contribution in [0.4, 0.5) is 11.4 Å². The molecule has 15 heteroatoms. The summed E-state index contributed by atoms with van der Waals surface area (Å²) >= 11 is 0. The maximum absolute atomic E-state index is 12.3. The van der Waals surface area contributed by atoms with E-state index < -0.39 is 35.0 Å². The summed E-state index contributed by atoms with van der Waals surface area (Å²) in [7, 11) is 0. The van der Waals surface area contributed by atoms with Crippen molar-refractivity contribution < 1.29 is 81.7 Å². The standard InChI is InChI=1S/2C17H14N2O4.2O.U/c2*1-11(20)15(16(21)12-7-3-2-4-8-12)19-18-14-10-6-5-9-13(14)17(22)23;;;/h2*2-10,21H,1H3,(H,22,23);;;/q;;2*-2;/p-2/b16-15+,19-18?;16-15-,19-18?;;;. The Hall–Kier alpha value is -5.59. The third kappa shape index (κ3) is 12.5. The number of carbonyl (C=O) groups excluding carboxylic acids is 2. The fourth-order valence-electron chi connectivity index (χ4n) is 3.70. The molecule has 4 rings (SSSR count). The fraction of sp³-hybridized carbons (Fsp3) is 0.0588. The van der Waals surface area contributed by atoms with Crippen molar-refractivity contribution in [2.45, 2.75) is 13.8 Å². The zero-order valence-electron chi connectivity index (χ0n) is 25.8. The summed E-state index contributed by atoms with van der Waals surface area (Å²) in [6.45, 7) is 2.41. The Balaban J connectivity index is 0.000000886. The molecule has 0 saturated heterocycles. The third-order valence-electron chi connectivity index (χ3n) is 5.95. The Labute approximate surface area is 303 Å². The first-order valence-electron chi connectivity index (χ1n) is 13.4. The number of hydrogen-bond acceptors (Lipinski definition) is 10. The van der Waals surface area contributed by atoms with Gasteiger partial charge in [-0.15, -0.1) is 20.5 Å². The normalized spacial score (nSPS) is 11.3. The number of ketones is 2. The van der Waals surface area contributed by atoms with Crippen LogP contribution in [0.5, 0.6) is 0 Å². The van der Waals surface area contributed by atoms with Crippen molar-refractivity contribution in [3.05, 3.63) is 143 Å². The molecule has 0 radical (unpaired) electrons. The minimum Gasteiger partial charge on any atom is -2.00 e. The van der Waals surface area contributed by atoms with Crippen LogP contribution in [0.15, 0.2) is 141 Å². The number of rotatable bonds is 10. The number of benzene rings is 4. The van der Waals surface area contributed by atoms with Crippen molar-refractivity contribution in [3.8, 4) is 0 Å². The minimum atomic E-state index is -1.17. The Morgan fingerprint density at radius 3 is 1.08 bits per heavy atom. The van der Waals surface area contributed by atoms with E-state index in [-0.39, 0.29) is 76.0 Å². The molecule has 0 atom stereocenters. The van der Waals surface area contributed by atoms with Gasteiger partial charge in [0.1, 0.15) is 22.8 Å². The van der Waals surface area contributed by atoms with Crippen molar-refractivity contribution in [2.75, 3.05) is 0 Å². The number of nitrogens with zero attached hydrogens (tertiary/aromatic N) is 4. The average Bonchev–Trinajstić information content (AvgIpc) is 3.05. The number of hydrogen-bond donors (Lipinski definition) is 2. The summed E-state index contributed by atoms with van der Waals surface area (Å²) in [5, 5.41) is 57.7. The van der Waals surface area contributed by atoms with E-state index in [9.17, 15) is 29.4 Å². The molecular weight excluding hydrogens is 862 g/mol. The van der Waals surface area contributed by atoms with Gasteiger partial charge in [0.2, 0.25) is 0 Å². The van der Waals surface area contributed by atoms with E-state index in [1.54, 1.807) is 84.9 Å². The molecule has 0 aliphatic rings. The summed E-state index contributed by atoms with van der Waals surface area (Å²) in [4.78, 5) is 45.6. The van der Waals surface area contributed by atoms with Crippen LogP contribution >= 0.6 is 0 Å². The second-order valence-electron chi connectivity index (χ2n) is 9.24. The van der Waals surface area contributed by atoms with Gasteiger partial charge in [-0.1, -0.05) is 96.4 Å². The molecule has 0 heterocycles. The van der Waals surface area contributed by atoms with Crippen molar-refractivity contribution in [2.24, 2.45) is 20.5 Å². The molecule has 49 heavy (non-hydrogen) atoms. The first kappa shape index (κ1) is 43.4. The first-order valence-corrected chi connectivity index (χ1v) is 13.4. The first-order chi connectivity index (χ1) is 22.0. The van der Waals surface area contributed by atoms with Gasteiger partial charge < -0.3 is 31.4 Å². The maximum Gasteiger partial charge on any atom is 0.337 e. The topological polar surface area (TPSA) is 261 Å². The zero-order chi connectivity index (χ0) is 33.6. The van der Waals surface area contributed by atoms with Crippen molar-refractivity contribution in [3.63, 3.8) is 0 Å². The van der Waals surface area contributed by atoms with E-state index in [2.05, 4.69) is 20.5 Å². The molecule has 4 aromatic rings. The quantitative estimate of drug-likeness (QED) is 0.119. The van der Waals surface area contributed by atoms with Gasteiger partial charge in [0, 0.05) is 45.0 Å². The van der Waals surface area contributed by atoms with Gasteiger partial charge in [-0.25, -0.2) is 9.59 Å². The summed E-state index contributed by atoms with van der Waals surface area (Å²) in [6.07, 6.45) is 0. The molecule has 0 amide bonds. The molecule has 0 aliphatic carbocycles. The second-order valence-corrected chi connectivity index (χ2v) is 9.24. The molecule has 0 spiro atoms. The Kier molecular flexibility index (Phi) is 18.9. The van der Waals surface area contributed by atoms with Crippen molar-refractivity contribution in [1.82, 2.24) is 0 Å². The average molecular weight is 889 g/mol. The third-order valence-corrected chi connectivity index (χ3v) is 5.95. The van der Waals surface area contributed by atoms with Crippen LogP contribution in [0.25, 0.3) is 11.5 Å². The van der Waals surface area contributed by atoms with Crippen molar-refractivity contribution in [1.29, 1.82) is 0 Å². The van der Waals surface area contributed by atoms with Crippen LogP contribution in [0.1, 0.15) is 45.7 Å².